The number of amides is 2. The van der Waals surface area contributed by atoms with E-state index in [1.54, 1.807) is 11.9 Å². The van der Waals surface area contributed by atoms with Gasteiger partial charge in [-0.05, 0) is 13.0 Å². The zero-order valence-corrected chi connectivity index (χ0v) is 24.3. The average Bonchev–Trinajstić information content (AvgIpc) is 3.41. The molecule has 0 radical (unpaired) electrons. The molecule has 3 heterocycles. The van der Waals surface area contributed by atoms with Crippen LogP contribution in [-0.2, 0) is 42.6 Å². The molecule has 2 aliphatic rings. The van der Waals surface area contributed by atoms with Crippen LogP contribution in [0.15, 0.2) is 16.7 Å². The lowest BCUT2D eigenvalue weighted by Crippen LogP contribution is -2.73. The fourth-order valence-electron chi connectivity index (χ4n) is 3.97. The van der Waals surface area contributed by atoms with Gasteiger partial charge >= 0.3 is 16.3 Å². The van der Waals surface area contributed by atoms with Crippen LogP contribution < -0.4 is 22.1 Å². The summed E-state index contributed by atoms with van der Waals surface area (Å²) in [5, 5.41) is 36.1. The molecule has 22 heteroatoms. The summed E-state index contributed by atoms with van der Waals surface area (Å²) in [7, 11) is -3.38. The zero-order chi connectivity index (χ0) is 31.5. The normalized spacial score (nSPS) is 19.4. The lowest BCUT2D eigenvalue weighted by Gasteiger charge is -2.43. The van der Waals surface area contributed by atoms with E-state index >= 15 is 0 Å². The quantitative estimate of drug-likeness (QED) is 0.0273. The number of nitrogens with zero attached hydrogens (tertiary/aromatic N) is 7. The Balaban J connectivity index is 1.49. The molecule has 0 aromatic carbocycles. The highest BCUT2D eigenvalue weighted by Crippen LogP contribution is 2.40. The number of nitrogen functional groups attached to an aromatic ring is 1. The minimum absolute atomic E-state index is 0.0673. The summed E-state index contributed by atoms with van der Waals surface area (Å²) < 4.78 is 33.8. The second kappa shape index (κ2) is 12.4. The van der Waals surface area contributed by atoms with E-state index in [4.69, 9.17) is 21.7 Å². The number of carbonyl (C=O) groups excluding carboxylic acids is 2. The number of anilines is 1. The Kier molecular flexibility index (Phi) is 9.12. The van der Waals surface area contributed by atoms with E-state index in [0.29, 0.717) is 25.2 Å². The molecule has 1 aliphatic carbocycles. The van der Waals surface area contributed by atoms with Crippen molar-refractivity contribution in [1.82, 2.24) is 39.8 Å². The number of rotatable bonds is 14. The molecule has 20 nitrogen and oxygen atoms in total. The number of carbonyl (C=O) groups is 3. The van der Waals surface area contributed by atoms with Gasteiger partial charge in [-0.1, -0.05) is 5.16 Å². The standard InChI is InChI=1S/C21H30N12O8S2/c1-31(19(23)25-6-2-5-22)8-11-7-26-32(29-11)9-13-15(17(35)33(13)43(38,39)40)28-16(34)14(12-10-42-20(24)27-12)30-41-21(3-4-21)18(36)37/h7,10,13,15H,2-6,8-9,22H2,1H3,(H2,23,25)(H2,24,27)(H,28,34)(H,36,37)(H,38,39,40)/b30-14-/t13-,15+/m1/s1. The number of nitrogens with one attached hydrogen (secondary N) is 3. The summed E-state index contributed by atoms with van der Waals surface area (Å²) in [4.78, 5) is 49.2. The average molecular weight is 643 g/mol. The second-order valence-corrected chi connectivity index (χ2v) is 11.9. The van der Waals surface area contributed by atoms with E-state index in [9.17, 15) is 32.5 Å². The van der Waals surface area contributed by atoms with Crippen LogP contribution in [0.3, 0.4) is 0 Å². The Labute approximate surface area is 248 Å². The first-order valence-electron chi connectivity index (χ1n) is 12.7. The van der Waals surface area contributed by atoms with Crippen molar-refractivity contribution in [3.8, 4) is 0 Å². The first-order chi connectivity index (χ1) is 20.3. The predicted octanol–water partition coefficient (Wildman–Crippen LogP) is -2.84. The molecule has 2 atom stereocenters. The molecular formula is C21H30N12O8S2. The lowest BCUT2D eigenvalue weighted by molar-refractivity contribution is -0.153. The van der Waals surface area contributed by atoms with Crippen molar-refractivity contribution in [2.45, 2.75) is 50.0 Å². The summed E-state index contributed by atoms with van der Waals surface area (Å²) in [5.41, 5.74) is 9.35. The maximum absolute atomic E-state index is 13.2. The second-order valence-electron chi connectivity index (χ2n) is 9.70. The van der Waals surface area contributed by atoms with Crippen LogP contribution >= 0.6 is 11.3 Å². The molecule has 2 amide bonds. The van der Waals surface area contributed by atoms with Crippen molar-refractivity contribution in [1.29, 1.82) is 5.41 Å². The fraction of sp³-hybridized carbons (Fsp3) is 0.524. The lowest BCUT2D eigenvalue weighted by atomic mass is 9.98. The Morgan fingerprint density at radius 1 is 1.40 bits per heavy atom. The molecular weight excluding hydrogens is 612 g/mol. The van der Waals surface area contributed by atoms with E-state index in [2.05, 4.69) is 31.0 Å². The number of aliphatic carboxylic acids is 1. The minimum Gasteiger partial charge on any atom is -0.478 e. The number of nitrogens with two attached hydrogens (primary N) is 2. The van der Waals surface area contributed by atoms with Crippen LogP contribution in [-0.4, -0.2) is 115 Å². The third-order valence-corrected chi connectivity index (χ3v) is 8.10. The molecule has 4 rings (SSSR count). The molecule has 9 N–H and O–H groups in total. The van der Waals surface area contributed by atoms with Crippen molar-refractivity contribution in [3.05, 3.63) is 23.0 Å². The van der Waals surface area contributed by atoms with Crippen LogP contribution in [0.4, 0.5) is 5.13 Å². The maximum Gasteiger partial charge on any atom is 0.362 e. The van der Waals surface area contributed by atoms with Gasteiger partial charge in [-0.25, -0.2) is 14.1 Å². The molecule has 0 bridgehead atoms. The van der Waals surface area contributed by atoms with Crippen molar-refractivity contribution in [3.63, 3.8) is 0 Å². The highest BCUT2D eigenvalue weighted by Gasteiger charge is 2.56. The third kappa shape index (κ3) is 7.15. The van der Waals surface area contributed by atoms with E-state index in [1.165, 1.54) is 11.6 Å². The van der Waals surface area contributed by atoms with Gasteiger partial charge in [0.15, 0.2) is 16.8 Å². The van der Waals surface area contributed by atoms with Gasteiger partial charge < -0.3 is 36.9 Å². The highest BCUT2D eigenvalue weighted by molar-refractivity contribution is 7.84. The molecule has 0 spiro atoms. The molecule has 1 saturated carbocycles. The molecule has 1 aliphatic heterocycles. The molecule has 2 aromatic heterocycles. The predicted molar refractivity (Wildman–Crippen MR) is 149 cm³/mol. The van der Waals surface area contributed by atoms with Crippen LogP contribution in [0.5, 0.6) is 0 Å². The molecule has 2 aromatic rings. The van der Waals surface area contributed by atoms with Crippen LogP contribution in [0.2, 0.25) is 0 Å². The Bertz CT molecular complexity index is 1540. The van der Waals surface area contributed by atoms with Crippen molar-refractivity contribution in [2.75, 3.05) is 25.9 Å². The third-order valence-electron chi connectivity index (χ3n) is 6.48. The van der Waals surface area contributed by atoms with E-state index in [-0.39, 0.29) is 47.0 Å². The van der Waals surface area contributed by atoms with Gasteiger partial charge in [0, 0.05) is 31.8 Å². The van der Waals surface area contributed by atoms with Crippen LogP contribution in [0, 0.1) is 5.41 Å². The number of aromatic nitrogens is 4. The monoisotopic (exact) mass is 642 g/mol. The van der Waals surface area contributed by atoms with E-state index < -0.39 is 51.5 Å². The number of hydrogen-bond donors (Lipinski definition) is 7. The van der Waals surface area contributed by atoms with Crippen molar-refractivity contribution < 1.29 is 37.3 Å². The molecule has 0 unspecified atom stereocenters. The Morgan fingerprint density at radius 2 is 2.12 bits per heavy atom. The Morgan fingerprint density at radius 3 is 2.70 bits per heavy atom. The first-order valence-corrected chi connectivity index (χ1v) is 15.0. The van der Waals surface area contributed by atoms with Crippen molar-refractivity contribution in [2.24, 2.45) is 10.9 Å². The number of oxime groups is 1. The van der Waals surface area contributed by atoms with Crippen LogP contribution in [0.1, 0.15) is 30.7 Å². The van der Waals surface area contributed by atoms with Gasteiger partial charge in [-0.2, -0.15) is 23.4 Å². The summed E-state index contributed by atoms with van der Waals surface area (Å²) in [6, 6.07) is -2.83. The first kappa shape index (κ1) is 31.5. The largest absolute Gasteiger partial charge is 0.478 e. The van der Waals surface area contributed by atoms with Crippen LogP contribution in [0.25, 0.3) is 0 Å². The van der Waals surface area contributed by atoms with E-state index in [1.807, 2.05) is 0 Å². The fourth-order valence-corrected chi connectivity index (χ4v) is 5.39. The summed E-state index contributed by atoms with van der Waals surface area (Å²) >= 11 is 0.964. The SMILES string of the molecule is CN(Cc1cnn(C[C@@H]2[C@H](NC(=O)/C(=N\OC3(C(=O)O)CC3)c3csc(N)n3)C(=O)N2S(=O)(=O)O)n1)C(=N)NCCCN. The Hall–Kier alpha value is -4.41. The van der Waals surface area contributed by atoms with Gasteiger partial charge in [0.1, 0.15) is 23.5 Å². The van der Waals surface area contributed by atoms with Gasteiger partial charge in [0.25, 0.3) is 11.8 Å². The minimum atomic E-state index is -5.03. The molecule has 234 valence electrons. The summed E-state index contributed by atoms with van der Waals surface area (Å²) in [6.07, 6.45) is 2.37. The van der Waals surface area contributed by atoms with Crippen molar-refractivity contribution >= 4 is 56.2 Å². The number of carboxylic acids is 1. The van der Waals surface area contributed by atoms with Gasteiger partial charge in [-0.3, -0.25) is 19.6 Å². The van der Waals surface area contributed by atoms with Gasteiger partial charge in [0.05, 0.1) is 19.3 Å². The number of carboxylic acid groups (broad SMARTS) is 1. The maximum atomic E-state index is 13.2. The summed E-state index contributed by atoms with van der Waals surface area (Å²) in [5.74, 6) is -3.34. The molecule has 43 heavy (non-hydrogen) atoms. The zero-order valence-electron chi connectivity index (χ0n) is 22.7. The number of thiazole rings is 1. The number of guanidine groups is 1. The number of hydrogen-bond acceptors (Lipinski definition) is 14. The summed E-state index contributed by atoms with van der Waals surface area (Å²) in [6.45, 7) is 0.780. The van der Waals surface area contributed by atoms with Gasteiger partial charge in [-0.15, -0.1) is 11.3 Å². The molecule has 1 saturated heterocycles. The topological polar surface area (TPSA) is 297 Å². The smallest absolute Gasteiger partial charge is 0.362 e. The number of β-lactam (4-membered cyclic amide) rings is 1. The van der Waals surface area contributed by atoms with E-state index in [0.717, 1.165) is 16.1 Å². The molecule has 2 fully saturated rings. The highest BCUT2D eigenvalue weighted by atomic mass is 32.2. The van der Waals surface area contributed by atoms with Gasteiger partial charge in [0.2, 0.25) is 5.60 Å².